The molecule has 0 saturated carbocycles. The number of aliphatic imine (C=N–C) groups is 1. The summed E-state index contributed by atoms with van der Waals surface area (Å²) < 4.78 is 0. The van der Waals surface area contributed by atoms with E-state index in [2.05, 4.69) is 36.9 Å². The third-order valence-corrected chi connectivity index (χ3v) is 6.57. The van der Waals surface area contributed by atoms with Gasteiger partial charge in [0.1, 0.15) is 0 Å². The molecule has 0 bridgehead atoms. The lowest BCUT2D eigenvalue weighted by Gasteiger charge is -2.40. The van der Waals surface area contributed by atoms with Crippen LogP contribution in [0.3, 0.4) is 0 Å². The van der Waals surface area contributed by atoms with E-state index in [9.17, 15) is 9.59 Å². The molecule has 5 rings (SSSR count). The molecule has 2 aromatic rings. The SMILES string of the molecule is CC1=CN2C(=NC3C2C(=O)N(Cc2ccccc2C)C(=O)N3C)N1c1ccc(C)cc1C. The number of guanidine groups is 1. The number of anilines is 1. The molecule has 32 heavy (non-hydrogen) atoms. The highest BCUT2D eigenvalue weighted by molar-refractivity contribution is 6.10. The molecule has 164 valence electrons. The molecule has 3 aliphatic rings. The van der Waals surface area contributed by atoms with E-state index in [0.29, 0.717) is 5.96 Å². The third kappa shape index (κ3) is 2.92. The zero-order chi connectivity index (χ0) is 22.7. The Morgan fingerprint density at radius 2 is 1.72 bits per heavy atom. The Kier molecular flexibility index (Phi) is 4.58. The van der Waals surface area contributed by atoms with E-state index in [-0.39, 0.29) is 18.5 Å². The highest BCUT2D eigenvalue weighted by Crippen LogP contribution is 2.38. The average Bonchev–Trinajstić information content (AvgIpc) is 3.26. The number of benzene rings is 2. The molecule has 2 atom stereocenters. The van der Waals surface area contributed by atoms with Crippen molar-refractivity contribution in [1.82, 2.24) is 14.7 Å². The second kappa shape index (κ2) is 7.22. The minimum atomic E-state index is -0.567. The molecule has 0 aromatic heterocycles. The number of hydrogen-bond acceptors (Lipinski definition) is 5. The molecule has 1 saturated heterocycles. The van der Waals surface area contributed by atoms with Crippen molar-refractivity contribution in [2.45, 2.75) is 46.4 Å². The summed E-state index contributed by atoms with van der Waals surface area (Å²) in [6, 6.07) is 13.2. The zero-order valence-corrected chi connectivity index (χ0v) is 19.0. The van der Waals surface area contributed by atoms with Crippen LogP contribution in [0.1, 0.15) is 29.2 Å². The van der Waals surface area contributed by atoms with Gasteiger partial charge in [-0.15, -0.1) is 0 Å². The Labute approximate surface area is 188 Å². The van der Waals surface area contributed by atoms with Crippen LogP contribution in [0.25, 0.3) is 0 Å². The summed E-state index contributed by atoms with van der Waals surface area (Å²) in [6.45, 7) is 8.41. The summed E-state index contributed by atoms with van der Waals surface area (Å²) in [5, 5.41) is 0. The van der Waals surface area contributed by atoms with Crippen molar-refractivity contribution in [1.29, 1.82) is 0 Å². The number of imide groups is 1. The number of carbonyl (C=O) groups excluding carboxylic acids is 2. The van der Waals surface area contributed by atoms with E-state index in [1.165, 1.54) is 10.5 Å². The Morgan fingerprint density at radius 3 is 2.44 bits per heavy atom. The first-order chi connectivity index (χ1) is 15.3. The van der Waals surface area contributed by atoms with E-state index in [0.717, 1.165) is 28.1 Å². The maximum atomic E-state index is 13.6. The van der Waals surface area contributed by atoms with E-state index < -0.39 is 12.2 Å². The summed E-state index contributed by atoms with van der Waals surface area (Å²) >= 11 is 0. The molecule has 0 aliphatic carbocycles. The van der Waals surface area contributed by atoms with Crippen LogP contribution in [0.4, 0.5) is 10.5 Å². The first kappa shape index (κ1) is 20.3. The van der Waals surface area contributed by atoms with Gasteiger partial charge in [0.2, 0.25) is 5.96 Å². The number of aryl methyl sites for hydroxylation is 3. The highest BCUT2D eigenvalue weighted by atomic mass is 16.2. The van der Waals surface area contributed by atoms with Crippen molar-refractivity contribution in [3.63, 3.8) is 0 Å². The number of allylic oxidation sites excluding steroid dienone is 1. The second-order valence-corrected chi connectivity index (χ2v) is 8.83. The molecule has 0 radical (unpaired) electrons. The lowest BCUT2D eigenvalue weighted by atomic mass is 10.1. The van der Waals surface area contributed by atoms with Crippen molar-refractivity contribution < 1.29 is 9.59 Å². The number of nitrogens with zero attached hydrogens (tertiary/aromatic N) is 5. The van der Waals surface area contributed by atoms with Gasteiger partial charge < -0.3 is 9.80 Å². The van der Waals surface area contributed by atoms with Crippen LogP contribution >= 0.6 is 0 Å². The minimum absolute atomic E-state index is 0.216. The van der Waals surface area contributed by atoms with Crippen molar-refractivity contribution >= 4 is 23.6 Å². The number of likely N-dealkylation sites (N-methyl/N-ethyl adjacent to an activating group) is 1. The Morgan fingerprint density at radius 1 is 0.969 bits per heavy atom. The Bertz CT molecular complexity index is 1200. The minimum Gasteiger partial charge on any atom is -0.302 e. The predicted molar refractivity (Wildman–Crippen MR) is 124 cm³/mol. The van der Waals surface area contributed by atoms with E-state index in [1.807, 2.05) is 49.2 Å². The normalized spacial score (nSPS) is 22.3. The molecule has 3 heterocycles. The number of hydrogen-bond donors (Lipinski definition) is 0. The van der Waals surface area contributed by atoms with Crippen LogP contribution in [0.5, 0.6) is 0 Å². The van der Waals surface area contributed by atoms with Gasteiger partial charge >= 0.3 is 6.03 Å². The van der Waals surface area contributed by atoms with Crippen molar-refractivity contribution in [3.05, 3.63) is 76.6 Å². The summed E-state index contributed by atoms with van der Waals surface area (Å²) in [7, 11) is 1.72. The second-order valence-electron chi connectivity index (χ2n) is 8.83. The molecular weight excluding hydrogens is 402 g/mol. The molecule has 2 unspecified atom stereocenters. The van der Waals surface area contributed by atoms with Gasteiger partial charge in [-0.2, -0.15) is 0 Å². The van der Waals surface area contributed by atoms with Crippen LogP contribution in [0.15, 0.2) is 59.4 Å². The van der Waals surface area contributed by atoms with Gasteiger partial charge in [0, 0.05) is 18.9 Å². The number of amides is 3. The molecule has 7 heteroatoms. The van der Waals surface area contributed by atoms with Crippen LogP contribution in [0, 0.1) is 20.8 Å². The fourth-order valence-corrected chi connectivity index (χ4v) is 4.81. The largest absolute Gasteiger partial charge is 0.328 e. The van der Waals surface area contributed by atoms with Crippen molar-refractivity contribution in [2.24, 2.45) is 4.99 Å². The van der Waals surface area contributed by atoms with Gasteiger partial charge in [-0.3, -0.25) is 14.6 Å². The maximum absolute atomic E-state index is 13.6. The molecular formula is C25H27N5O2. The van der Waals surface area contributed by atoms with Gasteiger partial charge in [0.15, 0.2) is 12.2 Å². The van der Waals surface area contributed by atoms with E-state index in [1.54, 1.807) is 11.9 Å². The van der Waals surface area contributed by atoms with Crippen LogP contribution in [-0.4, -0.2) is 51.9 Å². The van der Waals surface area contributed by atoms with Crippen LogP contribution < -0.4 is 4.90 Å². The summed E-state index contributed by atoms with van der Waals surface area (Å²) in [5.74, 6) is 0.474. The van der Waals surface area contributed by atoms with E-state index in [4.69, 9.17) is 4.99 Å². The average molecular weight is 430 g/mol. The fourth-order valence-electron chi connectivity index (χ4n) is 4.81. The van der Waals surface area contributed by atoms with Crippen molar-refractivity contribution in [3.8, 4) is 0 Å². The molecule has 2 aromatic carbocycles. The Hall–Kier alpha value is -3.61. The first-order valence-electron chi connectivity index (χ1n) is 10.8. The summed E-state index contributed by atoms with van der Waals surface area (Å²) in [4.78, 5) is 38.5. The third-order valence-electron chi connectivity index (χ3n) is 6.57. The molecule has 7 nitrogen and oxygen atoms in total. The Balaban J connectivity index is 1.50. The molecule has 1 fully saturated rings. The molecule has 0 spiro atoms. The lowest BCUT2D eigenvalue weighted by Crippen LogP contribution is -2.63. The first-order valence-corrected chi connectivity index (χ1v) is 10.8. The van der Waals surface area contributed by atoms with Crippen LogP contribution in [-0.2, 0) is 11.3 Å². The molecule has 3 aliphatic heterocycles. The monoisotopic (exact) mass is 429 g/mol. The predicted octanol–water partition coefficient (Wildman–Crippen LogP) is 3.75. The quantitative estimate of drug-likeness (QED) is 0.746. The van der Waals surface area contributed by atoms with E-state index >= 15 is 0 Å². The van der Waals surface area contributed by atoms with Crippen LogP contribution in [0.2, 0.25) is 0 Å². The van der Waals surface area contributed by atoms with Crippen molar-refractivity contribution in [2.75, 3.05) is 11.9 Å². The number of carbonyl (C=O) groups is 2. The standard InChI is InChI=1S/C25H27N5O2/c1-15-10-11-20(17(3)12-15)30-18(4)13-28-21-22(26-24(28)30)27(5)25(32)29(23(21)31)14-19-9-7-6-8-16(19)2/h6-13,21-22H,14H2,1-5H3. The smallest absolute Gasteiger partial charge is 0.302 e. The van der Waals surface area contributed by atoms with Gasteiger partial charge in [-0.05, 0) is 50.5 Å². The topological polar surface area (TPSA) is 59.5 Å². The van der Waals surface area contributed by atoms with Gasteiger partial charge in [-0.1, -0.05) is 42.0 Å². The van der Waals surface area contributed by atoms with Gasteiger partial charge in [0.05, 0.1) is 12.2 Å². The summed E-state index contributed by atoms with van der Waals surface area (Å²) in [6.07, 6.45) is 1.42. The summed E-state index contributed by atoms with van der Waals surface area (Å²) in [5.41, 5.74) is 6.37. The molecule has 0 N–H and O–H groups in total. The fraction of sp³-hybridized carbons (Fsp3) is 0.320. The zero-order valence-electron chi connectivity index (χ0n) is 19.0. The number of fused-ring (bicyclic) bond motifs is 3. The number of urea groups is 1. The maximum Gasteiger partial charge on any atom is 0.328 e. The van der Waals surface area contributed by atoms with Gasteiger partial charge in [-0.25, -0.2) is 9.79 Å². The number of rotatable bonds is 3. The highest BCUT2D eigenvalue weighted by Gasteiger charge is 2.54. The van der Waals surface area contributed by atoms with Gasteiger partial charge in [0.25, 0.3) is 5.91 Å². The molecule has 3 amide bonds. The lowest BCUT2D eigenvalue weighted by molar-refractivity contribution is -0.137.